The van der Waals surface area contributed by atoms with Gasteiger partial charge in [-0.2, -0.15) is 11.8 Å². The zero-order valence-corrected chi connectivity index (χ0v) is 10.9. The first-order valence-electron chi connectivity index (χ1n) is 5.94. The van der Waals surface area contributed by atoms with Gasteiger partial charge in [0.1, 0.15) is 5.69 Å². The molecular weight excluding hydrogens is 234 g/mol. The third kappa shape index (κ3) is 3.19. The van der Waals surface area contributed by atoms with E-state index in [0.717, 1.165) is 6.54 Å². The molecule has 94 valence electrons. The summed E-state index contributed by atoms with van der Waals surface area (Å²) in [7, 11) is 1.84. The molecule has 0 spiro atoms. The zero-order valence-electron chi connectivity index (χ0n) is 10.1. The van der Waals surface area contributed by atoms with E-state index in [4.69, 9.17) is 5.73 Å². The summed E-state index contributed by atoms with van der Waals surface area (Å²) in [5.74, 6) is 3.05. The van der Waals surface area contributed by atoms with Crippen LogP contribution in [0.25, 0.3) is 0 Å². The fraction of sp³-hybridized carbons (Fsp3) is 0.583. The quantitative estimate of drug-likeness (QED) is 0.858. The Hall–Kier alpha value is -1.10. The highest BCUT2D eigenvalue weighted by atomic mass is 32.2. The third-order valence-corrected chi connectivity index (χ3v) is 4.20. The number of hydrogen-bond donors (Lipinski definition) is 2. The van der Waals surface area contributed by atoms with E-state index in [1.165, 1.54) is 24.3 Å². The fourth-order valence-corrected chi connectivity index (χ4v) is 3.30. The molecule has 3 N–H and O–H groups in total. The van der Waals surface area contributed by atoms with Crippen molar-refractivity contribution < 1.29 is 4.79 Å². The van der Waals surface area contributed by atoms with Crippen LogP contribution >= 0.6 is 11.8 Å². The number of rotatable bonds is 3. The topological polar surface area (TPSA) is 60.0 Å². The summed E-state index contributed by atoms with van der Waals surface area (Å²) in [4.78, 5) is 11.9. The first-order valence-corrected chi connectivity index (χ1v) is 7.10. The Balaban J connectivity index is 1.86. The van der Waals surface area contributed by atoms with Gasteiger partial charge in [-0.1, -0.05) is 0 Å². The number of nitrogens with zero attached hydrogens (tertiary/aromatic N) is 1. The summed E-state index contributed by atoms with van der Waals surface area (Å²) < 4.78 is 1.77. The van der Waals surface area contributed by atoms with Crippen LogP contribution in [0.15, 0.2) is 12.3 Å². The summed E-state index contributed by atoms with van der Waals surface area (Å²) in [6, 6.07) is 1.71. The molecule has 1 saturated heterocycles. The average molecular weight is 253 g/mol. The standard InChI is InChI=1S/C12H19N3OS/c1-15-8-10(13)6-11(15)12(16)14-7-9-2-4-17-5-3-9/h6,8-9H,2-5,7,13H2,1H3,(H,14,16). The molecule has 2 rings (SSSR count). The van der Waals surface area contributed by atoms with Crippen molar-refractivity contribution in [3.05, 3.63) is 18.0 Å². The van der Waals surface area contributed by atoms with Crippen molar-refractivity contribution in [1.82, 2.24) is 9.88 Å². The van der Waals surface area contributed by atoms with E-state index in [9.17, 15) is 4.79 Å². The van der Waals surface area contributed by atoms with E-state index >= 15 is 0 Å². The number of carbonyl (C=O) groups excluding carboxylic acids is 1. The minimum atomic E-state index is -0.0255. The van der Waals surface area contributed by atoms with Crippen molar-refractivity contribution in [3.8, 4) is 0 Å². The molecule has 5 heteroatoms. The van der Waals surface area contributed by atoms with Gasteiger partial charge in [0.05, 0.1) is 5.69 Å². The van der Waals surface area contributed by atoms with Gasteiger partial charge in [-0.05, 0) is 36.3 Å². The number of aromatic nitrogens is 1. The second-order valence-electron chi connectivity index (χ2n) is 4.54. The van der Waals surface area contributed by atoms with Crippen LogP contribution in [0.5, 0.6) is 0 Å². The molecule has 0 radical (unpaired) electrons. The van der Waals surface area contributed by atoms with Crippen LogP contribution in [-0.4, -0.2) is 28.5 Å². The number of thioether (sulfide) groups is 1. The lowest BCUT2D eigenvalue weighted by Crippen LogP contribution is -2.31. The van der Waals surface area contributed by atoms with E-state index in [1.54, 1.807) is 16.8 Å². The maximum Gasteiger partial charge on any atom is 0.267 e. The molecule has 0 saturated carbocycles. The molecule has 1 amide bonds. The molecule has 0 aromatic carbocycles. The van der Waals surface area contributed by atoms with Crippen molar-refractivity contribution in [2.75, 3.05) is 23.8 Å². The molecule has 0 unspecified atom stereocenters. The predicted octanol–water partition coefficient (Wildman–Crippen LogP) is 1.48. The van der Waals surface area contributed by atoms with Crippen LogP contribution in [0.3, 0.4) is 0 Å². The molecular formula is C12H19N3OS. The van der Waals surface area contributed by atoms with Crippen molar-refractivity contribution in [2.45, 2.75) is 12.8 Å². The third-order valence-electron chi connectivity index (χ3n) is 3.15. The molecule has 2 heterocycles. The number of nitrogens with one attached hydrogen (secondary N) is 1. The SMILES string of the molecule is Cn1cc(N)cc1C(=O)NCC1CCSCC1. The van der Waals surface area contributed by atoms with Crippen molar-refractivity contribution in [2.24, 2.45) is 13.0 Å². The lowest BCUT2D eigenvalue weighted by Gasteiger charge is -2.21. The van der Waals surface area contributed by atoms with Crippen LogP contribution in [0.4, 0.5) is 5.69 Å². The number of aryl methyl sites for hydroxylation is 1. The Morgan fingerprint density at radius 1 is 1.59 bits per heavy atom. The van der Waals surface area contributed by atoms with Crippen LogP contribution < -0.4 is 11.1 Å². The van der Waals surface area contributed by atoms with Gasteiger partial charge < -0.3 is 15.6 Å². The second kappa shape index (κ2) is 5.49. The van der Waals surface area contributed by atoms with E-state index in [2.05, 4.69) is 5.32 Å². The fourth-order valence-electron chi connectivity index (χ4n) is 2.09. The van der Waals surface area contributed by atoms with Gasteiger partial charge in [0.2, 0.25) is 0 Å². The minimum Gasteiger partial charge on any atom is -0.397 e. The van der Waals surface area contributed by atoms with Gasteiger partial charge in [-0.15, -0.1) is 0 Å². The number of nitrogen functional groups attached to an aromatic ring is 1. The number of hydrogen-bond acceptors (Lipinski definition) is 3. The largest absolute Gasteiger partial charge is 0.397 e. The smallest absolute Gasteiger partial charge is 0.267 e. The van der Waals surface area contributed by atoms with Crippen LogP contribution in [0, 0.1) is 5.92 Å². The highest BCUT2D eigenvalue weighted by Gasteiger charge is 2.16. The Bertz CT molecular complexity index is 396. The normalized spacial score (nSPS) is 17.0. The molecule has 1 aromatic rings. The number of nitrogens with two attached hydrogens (primary N) is 1. The lowest BCUT2D eigenvalue weighted by atomic mass is 10.0. The molecule has 17 heavy (non-hydrogen) atoms. The van der Waals surface area contributed by atoms with E-state index in [1.807, 2.05) is 18.8 Å². The van der Waals surface area contributed by atoms with Gasteiger partial charge in [0.25, 0.3) is 5.91 Å². The van der Waals surface area contributed by atoms with Crippen LogP contribution in [0.1, 0.15) is 23.3 Å². The molecule has 4 nitrogen and oxygen atoms in total. The summed E-state index contributed by atoms with van der Waals surface area (Å²) in [6.07, 6.45) is 4.17. The number of anilines is 1. The summed E-state index contributed by atoms with van der Waals surface area (Å²) >= 11 is 2.00. The first kappa shape index (κ1) is 12.4. The average Bonchev–Trinajstić information content (AvgIpc) is 2.67. The van der Waals surface area contributed by atoms with Gasteiger partial charge >= 0.3 is 0 Å². The highest BCUT2D eigenvalue weighted by Crippen LogP contribution is 2.22. The van der Waals surface area contributed by atoms with Gasteiger partial charge in [0, 0.05) is 19.8 Å². The summed E-state index contributed by atoms with van der Waals surface area (Å²) in [6.45, 7) is 0.782. The highest BCUT2D eigenvalue weighted by molar-refractivity contribution is 7.99. The second-order valence-corrected chi connectivity index (χ2v) is 5.76. The zero-order chi connectivity index (χ0) is 12.3. The van der Waals surface area contributed by atoms with Gasteiger partial charge in [-0.3, -0.25) is 4.79 Å². The van der Waals surface area contributed by atoms with Crippen LogP contribution in [-0.2, 0) is 7.05 Å². The molecule has 1 aliphatic rings. The Kier molecular flexibility index (Phi) is 3.99. The molecule has 0 bridgehead atoms. The number of amides is 1. The molecule has 1 aliphatic heterocycles. The maximum absolute atomic E-state index is 11.9. The van der Waals surface area contributed by atoms with Crippen molar-refractivity contribution >= 4 is 23.4 Å². The van der Waals surface area contributed by atoms with Gasteiger partial charge in [-0.25, -0.2) is 0 Å². The van der Waals surface area contributed by atoms with E-state index in [0.29, 0.717) is 17.3 Å². The summed E-state index contributed by atoms with van der Waals surface area (Å²) in [5.41, 5.74) is 6.92. The predicted molar refractivity (Wildman–Crippen MR) is 72.2 cm³/mol. The van der Waals surface area contributed by atoms with Crippen molar-refractivity contribution in [1.29, 1.82) is 0 Å². The molecule has 0 aliphatic carbocycles. The molecule has 0 atom stereocenters. The first-order chi connectivity index (χ1) is 8.16. The Morgan fingerprint density at radius 2 is 2.29 bits per heavy atom. The van der Waals surface area contributed by atoms with Crippen LogP contribution in [0.2, 0.25) is 0 Å². The monoisotopic (exact) mass is 253 g/mol. The lowest BCUT2D eigenvalue weighted by molar-refractivity contribution is 0.0938. The Morgan fingerprint density at radius 3 is 2.88 bits per heavy atom. The van der Waals surface area contributed by atoms with Gasteiger partial charge in [0.15, 0.2) is 0 Å². The van der Waals surface area contributed by atoms with E-state index in [-0.39, 0.29) is 5.91 Å². The minimum absolute atomic E-state index is 0.0255. The molecule has 1 aromatic heterocycles. The summed E-state index contributed by atoms with van der Waals surface area (Å²) in [5, 5.41) is 3.00. The number of carbonyl (C=O) groups is 1. The van der Waals surface area contributed by atoms with E-state index < -0.39 is 0 Å². The Labute approximate surface area is 106 Å². The van der Waals surface area contributed by atoms with Crippen molar-refractivity contribution in [3.63, 3.8) is 0 Å². The molecule has 1 fully saturated rings. The maximum atomic E-state index is 11.9.